The van der Waals surface area contributed by atoms with Gasteiger partial charge in [0.2, 0.25) is 0 Å². The summed E-state index contributed by atoms with van der Waals surface area (Å²) in [6.45, 7) is 1.56. The Morgan fingerprint density at radius 1 is 1.42 bits per heavy atom. The molecule has 1 rings (SSSR count). The lowest BCUT2D eigenvalue weighted by molar-refractivity contribution is -0.152. The number of hydrogen-bond acceptors (Lipinski definition) is 2. The number of hydrogen-bond donors (Lipinski definition) is 1. The molecule has 0 aliphatic rings. The zero-order valence-corrected chi connectivity index (χ0v) is 6.35. The van der Waals surface area contributed by atoms with Gasteiger partial charge in [0.25, 0.3) is 0 Å². The van der Waals surface area contributed by atoms with E-state index in [1.165, 1.54) is 12.1 Å². The van der Waals surface area contributed by atoms with Crippen LogP contribution in [-0.4, -0.2) is 6.18 Å². The highest BCUT2D eigenvalue weighted by Crippen LogP contribution is 2.30. The van der Waals surface area contributed by atoms with Crippen LogP contribution in [0.1, 0.15) is 17.6 Å². The van der Waals surface area contributed by atoms with Gasteiger partial charge in [0.1, 0.15) is 11.5 Å². The van der Waals surface area contributed by atoms with Crippen LogP contribution >= 0.6 is 0 Å². The van der Waals surface area contributed by atoms with Crippen LogP contribution in [-0.2, 0) is 0 Å². The Labute approximate surface area is 67.2 Å². The van der Waals surface area contributed by atoms with E-state index < -0.39 is 12.2 Å². The second-order valence-electron chi connectivity index (χ2n) is 2.47. The van der Waals surface area contributed by atoms with Gasteiger partial charge in [-0.25, -0.2) is 0 Å². The van der Waals surface area contributed by atoms with E-state index in [9.17, 15) is 13.2 Å². The molecule has 1 unspecified atom stereocenters. The van der Waals surface area contributed by atoms with Gasteiger partial charge in [-0.2, -0.15) is 13.2 Å². The van der Waals surface area contributed by atoms with Gasteiger partial charge in [-0.15, -0.1) is 0 Å². The summed E-state index contributed by atoms with van der Waals surface area (Å²) in [4.78, 5) is 0. The zero-order valence-electron chi connectivity index (χ0n) is 6.35. The summed E-state index contributed by atoms with van der Waals surface area (Å²) in [6.07, 6.45) is -4.44. The quantitative estimate of drug-likeness (QED) is 0.717. The van der Waals surface area contributed by atoms with Gasteiger partial charge >= 0.3 is 6.18 Å². The predicted octanol–water partition coefficient (Wildman–Crippen LogP) is 2.15. The van der Waals surface area contributed by atoms with E-state index in [1.807, 2.05) is 0 Å². The summed E-state index contributed by atoms with van der Waals surface area (Å²) in [5.41, 5.74) is 4.87. The van der Waals surface area contributed by atoms with Gasteiger partial charge in [-0.05, 0) is 19.1 Å². The molecule has 68 valence electrons. The van der Waals surface area contributed by atoms with Crippen LogP contribution in [0.15, 0.2) is 16.5 Å². The molecular weight excluding hydrogens is 171 g/mol. The van der Waals surface area contributed by atoms with Crippen LogP contribution in [0, 0.1) is 6.92 Å². The molecule has 0 bridgehead atoms. The molecule has 0 saturated heterocycles. The Kier molecular flexibility index (Phi) is 2.14. The third-order valence-corrected chi connectivity index (χ3v) is 1.42. The Morgan fingerprint density at radius 2 is 2.00 bits per heavy atom. The fourth-order valence-corrected chi connectivity index (χ4v) is 0.782. The molecular formula is C7H8F3NO. The summed E-state index contributed by atoms with van der Waals surface area (Å²) in [5, 5.41) is 0. The van der Waals surface area contributed by atoms with Crippen molar-refractivity contribution in [1.82, 2.24) is 0 Å². The molecule has 0 aliphatic heterocycles. The first-order valence-electron chi connectivity index (χ1n) is 3.30. The van der Waals surface area contributed by atoms with Crippen molar-refractivity contribution in [2.75, 3.05) is 0 Å². The van der Waals surface area contributed by atoms with Crippen molar-refractivity contribution < 1.29 is 17.6 Å². The monoisotopic (exact) mass is 179 g/mol. The van der Waals surface area contributed by atoms with Gasteiger partial charge < -0.3 is 10.2 Å². The summed E-state index contributed by atoms with van der Waals surface area (Å²) in [6, 6.07) is 0.653. The first-order chi connectivity index (χ1) is 5.41. The van der Waals surface area contributed by atoms with Crippen LogP contribution in [0.25, 0.3) is 0 Å². The molecule has 5 heteroatoms. The van der Waals surface area contributed by atoms with Crippen LogP contribution < -0.4 is 5.73 Å². The molecule has 2 N–H and O–H groups in total. The molecule has 1 aromatic rings. The van der Waals surface area contributed by atoms with Crippen molar-refractivity contribution in [3.05, 3.63) is 23.7 Å². The second-order valence-corrected chi connectivity index (χ2v) is 2.47. The molecule has 0 aromatic carbocycles. The van der Waals surface area contributed by atoms with E-state index >= 15 is 0 Å². The average Bonchev–Trinajstić information content (AvgIpc) is 2.32. The fourth-order valence-electron chi connectivity index (χ4n) is 0.782. The Bertz CT molecular complexity index is 266. The minimum absolute atomic E-state index is 0.250. The Hall–Kier alpha value is -0.970. The summed E-state index contributed by atoms with van der Waals surface area (Å²) >= 11 is 0. The van der Waals surface area contributed by atoms with Crippen molar-refractivity contribution in [3.63, 3.8) is 0 Å². The van der Waals surface area contributed by atoms with Gasteiger partial charge in [0, 0.05) is 0 Å². The molecule has 0 saturated carbocycles. The number of nitrogens with two attached hydrogens (primary N) is 1. The van der Waals surface area contributed by atoms with E-state index in [0.29, 0.717) is 5.76 Å². The van der Waals surface area contributed by atoms with Crippen LogP contribution in [0.5, 0.6) is 0 Å². The van der Waals surface area contributed by atoms with Gasteiger partial charge in [-0.1, -0.05) is 0 Å². The first-order valence-corrected chi connectivity index (χ1v) is 3.30. The van der Waals surface area contributed by atoms with Crippen LogP contribution in [0.4, 0.5) is 13.2 Å². The highest BCUT2D eigenvalue weighted by atomic mass is 19.4. The molecule has 2 nitrogen and oxygen atoms in total. The molecule has 1 heterocycles. The van der Waals surface area contributed by atoms with Gasteiger partial charge in [-0.3, -0.25) is 0 Å². The SMILES string of the molecule is Cc1ccc(C(N)C(F)(F)F)o1. The topological polar surface area (TPSA) is 39.2 Å². The number of aryl methyl sites for hydroxylation is 1. The minimum Gasteiger partial charge on any atom is -0.464 e. The standard InChI is InChI=1S/C7H8F3NO/c1-4-2-3-5(12-4)6(11)7(8,9)10/h2-3,6H,11H2,1H3. The molecule has 1 aromatic heterocycles. The third kappa shape index (κ3) is 1.79. The Morgan fingerprint density at radius 3 is 2.33 bits per heavy atom. The molecule has 0 spiro atoms. The van der Waals surface area contributed by atoms with Crippen molar-refractivity contribution in [3.8, 4) is 0 Å². The predicted molar refractivity (Wildman–Crippen MR) is 36.4 cm³/mol. The van der Waals surface area contributed by atoms with E-state index in [4.69, 9.17) is 10.2 Å². The maximum Gasteiger partial charge on any atom is 0.410 e. The maximum absolute atomic E-state index is 12.0. The Balaban J connectivity index is 2.85. The highest BCUT2D eigenvalue weighted by molar-refractivity contribution is 5.10. The van der Waals surface area contributed by atoms with Crippen LogP contribution in [0.2, 0.25) is 0 Å². The summed E-state index contributed by atoms with van der Waals surface area (Å²) in [7, 11) is 0. The number of alkyl halides is 3. The fraction of sp³-hybridized carbons (Fsp3) is 0.429. The van der Waals surface area contributed by atoms with E-state index in [-0.39, 0.29) is 5.76 Å². The van der Waals surface area contributed by atoms with Crippen LogP contribution in [0.3, 0.4) is 0 Å². The molecule has 1 atom stereocenters. The third-order valence-electron chi connectivity index (χ3n) is 1.42. The molecule has 0 radical (unpaired) electrons. The minimum atomic E-state index is -4.44. The lowest BCUT2D eigenvalue weighted by atomic mass is 10.2. The largest absolute Gasteiger partial charge is 0.464 e. The van der Waals surface area contributed by atoms with Crippen molar-refractivity contribution in [2.45, 2.75) is 19.1 Å². The normalized spacial score (nSPS) is 14.8. The zero-order chi connectivity index (χ0) is 9.35. The van der Waals surface area contributed by atoms with Crippen molar-refractivity contribution in [1.29, 1.82) is 0 Å². The number of furan rings is 1. The smallest absolute Gasteiger partial charge is 0.410 e. The second kappa shape index (κ2) is 2.82. The van der Waals surface area contributed by atoms with E-state index in [1.54, 1.807) is 6.92 Å². The summed E-state index contributed by atoms with van der Waals surface area (Å²) in [5.74, 6) is 0.171. The van der Waals surface area contributed by atoms with E-state index in [0.717, 1.165) is 0 Å². The average molecular weight is 179 g/mol. The maximum atomic E-state index is 12.0. The van der Waals surface area contributed by atoms with Crippen molar-refractivity contribution in [2.24, 2.45) is 5.73 Å². The van der Waals surface area contributed by atoms with Gasteiger partial charge in [0.05, 0.1) is 0 Å². The lowest BCUT2D eigenvalue weighted by Gasteiger charge is -2.12. The summed E-state index contributed by atoms with van der Waals surface area (Å²) < 4.78 is 40.6. The first kappa shape index (κ1) is 9.12. The highest BCUT2D eigenvalue weighted by Gasteiger charge is 2.39. The number of halogens is 3. The van der Waals surface area contributed by atoms with Gasteiger partial charge in [0.15, 0.2) is 6.04 Å². The molecule has 12 heavy (non-hydrogen) atoms. The lowest BCUT2D eigenvalue weighted by Crippen LogP contribution is -2.27. The molecule has 0 fully saturated rings. The number of rotatable bonds is 1. The molecule has 0 aliphatic carbocycles. The van der Waals surface area contributed by atoms with Crippen molar-refractivity contribution >= 4 is 0 Å². The van der Waals surface area contributed by atoms with E-state index in [2.05, 4.69) is 0 Å². The molecule has 0 amide bonds.